The van der Waals surface area contributed by atoms with Crippen LogP contribution < -0.4 is 0 Å². The number of fused-ring (bicyclic) bond motifs is 2. The number of rotatable bonds is 7. The molecule has 0 bridgehead atoms. The topological polar surface area (TPSA) is 86.7 Å². The number of carbonyl (C=O) groups excluding carboxylic acids is 4. The molecule has 0 N–H and O–H groups in total. The monoisotopic (exact) mass is 564 g/mol. The van der Waals surface area contributed by atoms with E-state index in [4.69, 9.17) is 9.47 Å². The van der Waals surface area contributed by atoms with Crippen molar-refractivity contribution in [3.05, 3.63) is 35.5 Å². The average Bonchev–Trinajstić information content (AvgIpc) is 3.52. The second-order valence-corrected chi connectivity index (χ2v) is 14.7. The molecule has 0 unspecified atom stereocenters. The largest absolute Gasteiger partial charge is 0.462 e. The van der Waals surface area contributed by atoms with Crippen molar-refractivity contribution in [3.8, 4) is 0 Å². The zero-order chi connectivity index (χ0) is 30.3. The lowest BCUT2D eigenvalue weighted by atomic mass is 9.43. The number of ketones is 1. The molecular weight excluding hydrogens is 516 g/mol. The van der Waals surface area contributed by atoms with Gasteiger partial charge in [-0.05, 0) is 109 Å². The molecule has 4 fully saturated rings. The van der Waals surface area contributed by atoms with E-state index in [1.54, 1.807) is 6.92 Å². The lowest BCUT2D eigenvalue weighted by Gasteiger charge is -2.61. The highest BCUT2D eigenvalue weighted by Gasteiger charge is 2.81. The first-order chi connectivity index (χ1) is 19.1. The van der Waals surface area contributed by atoms with E-state index in [1.807, 2.05) is 13.0 Å². The van der Waals surface area contributed by atoms with Gasteiger partial charge >= 0.3 is 11.9 Å². The molecule has 0 aromatic carbocycles. The molecule has 0 aromatic heterocycles. The average molecular weight is 565 g/mol. The molecule has 0 aromatic rings. The Morgan fingerprint density at radius 1 is 1.07 bits per heavy atom. The summed E-state index contributed by atoms with van der Waals surface area (Å²) in [5.41, 5.74) is 1.93. The van der Waals surface area contributed by atoms with Crippen molar-refractivity contribution >= 4 is 24.0 Å². The Kier molecular flexibility index (Phi) is 7.14. The van der Waals surface area contributed by atoms with Crippen molar-refractivity contribution in [1.82, 2.24) is 0 Å². The van der Waals surface area contributed by atoms with E-state index in [-0.39, 0.29) is 57.3 Å². The van der Waals surface area contributed by atoms with E-state index < -0.39 is 12.1 Å². The van der Waals surface area contributed by atoms with Gasteiger partial charge in [0.1, 0.15) is 18.5 Å². The van der Waals surface area contributed by atoms with E-state index in [0.29, 0.717) is 23.0 Å². The van der Waals surface area contributed by atoms with Gasteiger partial charge in [0.25, 0.3) is 0 Å². The molecule has 0 saturated heterocycles. The van der Waals surface area contributed by atoms with Crippen molar-refractivity contribution in [2.24, 2.45) is 51.2 Å². The molecule has 41 heavy (non-hydrogen) atoms. The third kappa shape index (κ3) is 4.01. The molecule has 5 rings (SSSR count). The van der Waals surface area contributed by atoms with Crippen LogP contribution in [-0.2, 0) is 28.7 Å². The van der Waals surface area contributed by atoms with Gasteiger partial charge in [-0.25, -0.2) is 0 Å². The van der Waals surface area contributed by atoms with Crippen LogP contribution in [0, 0.1) is 51.2 Å². The highest BCUT2D eigenvalue weighted by Crippen LogP contribution is 2.87. The lowest BCUT2D eigenvalue weighted by molar-refractivity contribution is -0.160. The number of hydrogen-bond donors (Lipinski definition) is 0. The smallest absolute Gasteiger partial charge is 0.303 e. The first kappa shape index (κ1) is 30.0. The molecule has 6 heteroatoms. The van der Waals surface area contributed by atoms with Gasteiger partial charge in [-0.2, -0.15) is 0 Å². The zero-order valence-corrected chi connectivity index (χ0v) is 26.2. The van der Waals surface area contributed by atoms with Crippen LogP contribution in [0.5, 0.6) is 0 Å². The number of aldehydes is 1. The molecule has 11 atom stereocenters. The quantitative estimate of drug-likeness (QED) is 0.150. The van der Waals surface area contributed by atoms with Gasteiger partial charge in [-0.3, -0.25) is 19.2 Å². The van der Waals surface area contributed by atoms with Gasteiger partial charge in [0.15, 0.2) is 5.78 Å². The molecule has 0 radical (unpaired) electrons. The molecule has 224 valence electrons. The van der Waals surface area contributed by atoms with Crippen LogP contribution in [0.2, 0.25) is 0 Å². The lowest BCUT2D eigenvalue weighted by Crippen LogP contribution is -2.55. The van der Waals surface area contributed by atoms with E-state index in [2.05, 4.69) is 40.3 Å². The van der Waals surface area contributed by atoms with Crippen molar-refractivity contribution < 1.29 is 28.7 Å². The molecule has 6 nitrogen and oxygen atoms in total. The van der Waals surface area contributed by atoms with Crippen LogP contribution in [0.15, 0.2) is 35.5 Å². The minimum absolute atomic E-state index is 0.0611. The fraction of sp³-hybridized carbons (Fsp3) is 0.714. The molecule has 2 spiro atoms. The summed E-state index contributed by atoms with van der Waals surface area (Å²) >= 11 is 0. The van der Waals surface area contributed by atoms with Gasteiger partial charge in [-0.1, -0.05) is 40.3 Å². The third-order valence-corrected chi connectivity index (χ3v) is 13.3. The summed E-state index contributed by atoms with van der Waals surface area (Å²) in [6.45, 7) is 19.8. The standard InChI is InChI=1S/C35H48O6/c1-19(17-36)20(2)21(3)31(41-25(7)38)23(5)30-28(40-24(6)37)16-33(9)29-11-10-26-22(4)27(39)12-13-34(26)18-35(29,34)15-14-32(30,33)8/h12-13,17,22-23,26,28-31H,3,10-11,14-16,18H2,1-2,4-9H3/b20-19+/t22-,23-,26-,28-,29-,30-,31-,32+,33-,34+,35-/m0/s1. The van der Waals surface area contributed by atoms with Crippen molar-refractivity contribution in [1.29, 1.82) is 0 Å². The number of carbonyl (C=O) groups is 4. The summed E-state index contributed by atoms with van der Waals surface area (Å²) < 4.78 is 12.1. The molecule has 0 aliphatic heterocycles. The van der Waals surface area contributed by atoms with E-state index in [1.165, 1.54) is 13.8 Å². The van der Waals surface area contributed by atoms with Crippen LogP contribution in [0.1, 0.15) is 93.9 Å². The maximum atomic E-state index is 12.6. The summed E-state index contributed by atoms with van der Waals surface area (Å²) in [5.74, 6) is 0.269. The Bertz CT molecular complexity index is 1260. The molecule has 5 aliphatic carbocycles. The highest BCUT2D eigenvalue weighted by molar-refractivity contribution is 5.93. The van der Waals surface area contributed by atoms with Crippen molar-refractivity contribution in [3.63, 3.8) is 0 Å². The van der Waals surface area contributed by atoms with E-state index in [0.717, 1.165) is 50.4 Å². The van der Waals surface area contributed by atoms with Gasteiger partial charge in [0, 0.05) is 31.6 Å². The third-order valence-electron chi connectivity index (χ3n) is 13.3. The van der Waals surface area contributed by atoms with Gasteiger partial charge in [0.2, 0.25) is 0 Å². The van der Waals surface area contributed by atoms with Crippen LogP contribution in [0.25, 0.3) is 0 Å². The number of esters is 2. The summed E-state index contributed by atoms with van der Waals surface area (Å²) in [4.78, 5) is 49.1. The summed E-state index contributed by atoms with van der Waals surface area (Å²) in [7, 11) is 0. The van der Waals surface area contributed by atoms with E-state index in [9.17, 15) is 19.2 Å². The van der Waals surface area contributed by atoms with E-state index >= 15 is 0 Å². The van der Waals surface area contributed by atoms with Crippen LogP contribution in [-0.4, -0.2) is 36.2 Å². The second-order valence-electron chi connectivity index (χ2n) is 14.7. The second kappa shape index (κ2) is 9.77. The molecule has 0 amide bonds. The maximum absolute atomic E-state index is 12.6. The molecular formula is C35H48O6. The Balaban J connectivity index is 1.56. The van der Waals surface area contributed by atoms with Gasteiger partial charge in [-0.15, -0.1) is 0 Å². The van der Waals surface area contributed by atoms with Crippen molar-refractivity contribution in [2.45, 2.75) is 106 Å². The first-order valence-corrected chi connectivity index (χ1v) is 15.5. The Labute approximate surface area is 245 Å². The van der Waals surface area contributed by atoms with Crippen molar-refractivity contribution in [2.75, 3.05) is 0 Å². The number of allylic oxidation sites excluding steroid dienone is 3. The first-order valence-electron chi connectivity index (χ1n) is 15.5. The van der Waals surface area contributed by atoms with Crippen LogP contribution in [0.4, 0.5) is 0 Å². The predicted octanol–water partition coefficient (Wildman–Crippen LogP) is 6.58. The normalized spacial score (nSPS) is 44.2. The maximum Gasteiger partial charge on any atom is 0.303 e. The molecule has 4 saturated carbocycles. The molecule has 0 heterocycles. The summed E-state index contributed by atoms with van der Waals surface area (Å²) in [6.07, 6.45) is 10.1. The minimum Gasteiger partial charge on any atom is -0.462 e. The van der Waals surface area contributed by atoms with Gasteiger partial charge in [0.05, 0.1) is 0 Å². The van der Waals surface area contributed by atoms with Crippen LogP contribution >= 0.6 is 0 Å². The van der Waals surface area contributed by atoms with Gasteiger partial charge < -0.3 is 9.47 Å². The zero-order valence-electron chi connectivity index (χ0n) is 26.2. The Morgan fingerprint density at radius 2 is 1.76 bits per heavy atom. The fourth-order valence-corrected chi connectivity index (χ4v) is 11.1. The summed E-state index contributed by atoms with van der Waals surface area (Å²) in [6, 6.07) is 0. The summed E-state index contributed by atoms with van der Waals surface area (Å²) in [5, 5.41) is 0. The number of ether oxygens (including phenoxy) is 2. The number of hydrogen-bond acceptors (Lipinski definition) is 6. The minimum atomic E-state index is -0.642. The highest BCUT2D eigenvalue weighted by atomic mass is 16.5. The molecule has 5 aliphatic rings. The fourth-order valence-electron chi connectivity index (χ4n) is 11.1. The SMILES string of the molecule is C=C(/C(C)=C(\C)C=O)[C@H](OC(C)=O)[C@@H](C)[C@H]1[C@@H](OC(C)=O)C[C@@]2(C)[C@@H]3CC[C@H]4[C@H](C)C(=O)C=C[C@@]45C[C@@]35CC[C@]12C. The Morgan fingerprint density at radius 3 is 2.37 bits per heavy atom. The predicted molar refractivity (Wildman–Crippen MR) is 156 cm³/mol. The Hall–Kier alpha value is -2.50. The van der Waals surface area contributed by atoms with Crippen LogP contribution in [0.3, 0.4) is 0 Å².